The molecule has 0 aliphatic heterocycles. The van der Waals surface area contributed by atoms with Gasteiger partial charge in [-0.05, 0) is 19.0 Å². The molecule has 0 bridgehead atoms. The fraction of sp³-hybridized carbons (Fsp3) is 0.467. The molecule has 1 amide bonds. The summed E-state index contributed by atoms with van der Waals surface area (Å²) in [6, 6.07) is 10.1. The minimum absolute atomic E-state index is 0.0261. The number of hydrogen-bond acceptors (Lipinski definition) is 3. The summed E-state index contributed by atoms with van der Waals surface area (Å²) in [5, 5.41) is 2.83. The Kier molecular flexibility index (Phi) is 7.18. The molecule has 0 saturated heterocycles. The Balaban J connectivity index is 2.89. The maximum absolute atomic E-state index is 11.8. The van der Waals surface area contributed by atoms with Crippen molar-refractivity contribution in [1.29, 1.82) is 0 Å². The van der Waals surface area contributed by atoms with E-state index in [-0.39, 0.29) is 11.9 Å². The zero-order valence-corrected chi connectivity index (χ0v) is 13.0. The number of carbonyl (C=O) groups excluding carboxylic acids is 1. The summed E-state index contributed by atoms with van der Waals surface area (Å²) >= 11 is 5.05. The van der Waals surface area contributed by atoms with Crippen molar-refractivity contribution in [3.63, 3.8) is 0 Å². The molecule has 0 radical (unpaired) electrons. The molecule has 0 heterocycles. The van der Waals surface area contributed by atoms with Crippen LogP contribution < -0.4 is 11.1 Å². The highest BCUT2D eigenvalue weighted by Crippen LogP contribution is 2.23. The van der Waals surface area contributed by atoms with Crippen LogP contribution in [0.4, 0.5) is 0 Å². The molecule has 3 N–H and O–H groups in total. The molecule has 5 heteroatoms. The van der Waals surface area contributed by atoms with Crippen molar-refractivity contribution in [1.82, 2.24) is 10.2 Å². The van der Waals surface area contributed by atoms with Gasteiger partial charge in [0.05, 0.1) is 11.5 Å². The maximum atomic E-state index is 11.8. The largest absolute Gasteiger partial charge is 0.393 e. The van der Waals surface area contributed by atoms with Crippen LogP contribution in [0.5, 0.6) is 0 Å². The summed E-state index contributed by atoms with van der Waals surface area (Å²) in [7, 11) is 0. The highest BCUT2D eigenvalue weighted by Gasteiger charge is 2.21. The highest BCUT2D eigenvalue weighted by atomic mass is 32.1. The van der Waals surface area contributed by atoms with Crippen molar-refractivity contribution in [3.05, 3.63) is 35.9 Å². The summed E-state index contributed by atoms with van der Waals surface area (Å²) in [6.07, 6.45) is 0.576. The van der Waals surface area contributed by atoms with Crippen molar-refractivity contribution in [2.24, 2.45) is 5.73 Å². The molecule has 0 aromatic heterocycles. The molecule has 0 spiro atoms. The lowest BCUT2D eigenvalue weighted by Crippen LogP contribution is -2.40. The van der Waals surface area contributed by atoms with Crippen LogP contribution in [-0.2, 0) is 4.79 Å². The first-order chi connectivity index (χ1) is 9.58. The third-order valence-corrected chi connectivity index (χ3v) is 3.31. The second-order valence-electron chi connectivity index (χ2n) is 4.61. The van der Waals surface area contributed by atoms with Crippen LogP contribution in [0.1, 0.15) is 31.9 Å². The number of amides is 1. The number of likely N-dealkylation sites (N-methyl/N-ethyl adjacent to an activating group) is 2. The van der Waals surface area contributed by atoms with Crippen molar-refractivity contribution in [2.45, 2.75) is 26.3 Å². The number of benzene rings is 1. The average Bonchev–Trinajstić information content (AvgIpc) is 2.43. The van der Waals surface area contributed by atoms with E-state index in [1.807, 2.05) is 44.2 Å². The monoisotopic (exact) mass is 293 g/mol. The topological polar surface area (TPSA) is 58.4 Å². The predicted molar refractivity (Wildman–Crippen MR) is 86.5 cm³/mol. The first kappa shape index (κ1) is 16.6. The number of nitrogens with zero attached hydrogens (tertiary/aromatic N) is 1. The first-order valence-corrected chi connectivity index (χ1v) is 7.33. The lowest BCUT2D eigenvalue weighted by atomic mass is 10.0. The molecule has 1 aromatic carbocycles. The quantitative estimate of drug-likeness (QED) is 0.718. The van der Waals surface area contributed by atoms with E-state index in [9.17, 15) is 4.79 Å². The van der Waals surface area contributed by atoms with E-state index in [0.29, 0.717) is 24.5 Å². The SMILES string of the molecule is CCNC(=O)CN(CC)C(CC(N)=S)c1ccccc1. The highest BCUT2D eigenvalue weighted by molar-refractivity contribution is 7.80. The Labute approximate surface area is 126 Å². The lowest BCUT2D eigenvalue weighted by molar-refractivity contribution is -0.122. The molecule has 0 saturated carbocycles. The van der Waals surface area contributed by atoms with Gasteiger partial charge in [0.25, 0.3) is 0 Å². The number of nitrogens with two attached hydrogens (primary N) is 1. The Bertz CT molecular complexity index is 436. The molecule has 0 aliphatic rings. The van der Waals surface area contributed by atoms with Gasteiger partial charge in [-0.1, -0.05) is 49.5 Å². The van der Waals surface area contributed by atoms with Gasteiger partial charge in [-0.25, -0.2) is 0 Å². The predicted octanol–water partition coefficient (Wildman–Crippen LogP) is 1.86. The number of carbonyl (C=O) groups is 1. The number of thiocarbonyl (C=S) groups is 1. The first-order valence-electron chi connectivity index (χ1n) is 6.92. The van der Waals surface area contributed by atoms with Gasteiger partial charge in [-0.3, -0.25) is 9.69 Å². The molecular formula is C15H23N3OS. The van der Waals surface area contributed by atoms with Gasteiger partial charge in [0.15, 0.2) is 0 Å². The average molecular weight is 293 g/mol. The summed E-state index contributed by atoms with van der Waals surface area (Å²) in [4.78, 5) is 14.4. The van der Waals surface area contributed by atoms with Crippen LogP contribution in [0.15, 0.2) is 30.3 Å². The van der Waals surface area contributed by atoms with Crippen molar-refractivity contribution in [2.75, 3.05) is 19.6 Å². The Morgan fingerprint density at radius 1 is 1.35 bits per heavy atom. The third-order valence-electron chi connectivity index (χ3n) is 3.15. The maximum Gasteiger partial charge on any atom is 0.234 e. The zero-order chi connectivity index (χ0) is 15.0. The van der Waals surface area contributed by atoms with E-state index in [2.05, 4.69) is 10.2 Å². The normalized spacial score (nSPS) is 12.2. The Morgan fingerprint density at radius 2 is 2.00 bits per heavy atom. The van der Waals surface area contributed by atoms with Gasteiger partial charge in [-0.2, -0.15) is 0 Å². The molecular weight excluding hydrogens is 270 g/mol. The van der Waals surface area contributed by atoms with E-state index in [1.165, 1.54) is 0 Å². The summed E-state index contributed by atoms with van der Waals surface area (Å²) < 4.78 is 0. The van der Waals surface area contributed by atoms with Crippen LogP contribution in [0, 0.1) is 0 Å². The van der Waals surface area contributed by atoms with E-state index >= 15 is 0 Å². The fourth-order valence-corrected chi connectivity index (χ4v) is 2.36. The molecule has 0 fully saturated rings. The summed E-state index contributed by atoms with van der Waals surface area (Å²) in [6.45, 7) is 5.71. The molecule has 4 nitrogen and oxygen atoms in total. The van der Waals surface area contributed by atoms with Crippen molar-refractivity contribution >= 4 is 23.1 Å². The van der Waals surface area contributed by atoms with Gasteiger partial charge < -0.3 is 11.1 Å². The number of hydrogen-bond donors (Lipinski definition) is 2. The smallest absolute Gasteiger partial charge is 0.234 e. The minimum Gasteiger partial charge on any atom is -0.393 e. The lowest BCUT2D eigenvalue weighted by Gasteiger charge is -2.30. The molecule has 20 heavy (non-hydrogen) atoms. The van der Waals surface area contributed by atoms with E-state index in [4.69, 9.17) is 18.0 Å². The second kappa shape index (κ2) is 8.66. The zero-order valence-electron chi connectivity index (χ0n) is 12.1. The minimum atomic E-state index is 0.0261. The fourth-order valence-electron chi connectivity index (χ4n) is 2.20. The third kappa shape index (κ3) is 5.27. The van der Waals surface area contributed by atoms with Crippen LogP contribution in [0.2, 0.25) is 0 Å². The standard InChI is InChI=1S/C15H23N3OS/c1-3-17-15(19)11-18(4-2)13(10-14(16)20)12-8-6-5-7-9-12/h5-9,13H,3-4,10-11H2,1-2H3,(H2,16,20)(H,17,19). The molecule has 1 unspecified atom stereocenters. The van der Waals surface area contributed by atoms with Crippen LogP contribution >= 0.6 is 12.2 Å². The molecule has 1 aromatic rings. The van der Waals surface area contributed by atoms with Crippen molar-refractivity contribution < 1.29 is 4.79 Å². The molecule has 1 atom stereocenters. The van der Waals surface area contributed by atoms with Crippen molar-refractivity contribution in [3.8, 4) is 0 Å². The van der Waals surface area contributed by atoms with Gasteiger partial charge in [0.2, 0.25) is 5.91 Å². The van der Waals surface area contributed by atoms with Gasteiger partial charge in [0, 0.05) is 19.0 Å². The summed E-state index contributed by atoms with van der Waals surface area (Å²) in [5.41, 5.74) is 6.85. The van der Waals surface area contributed by atoms with Crippen LogP contribution in [-0.4, -0.2) is 35.4 Å². The number of rotatable bonds is 8. The number of nitrogens with one attached hydrogen (secondary N) is 1. The Hall–Kier alpha value is -1.46. The van der Waals surface area contributed by atoms with Crippen LogP contribution in [0.25, 0.3) is 0 Å². The molecule has 110 valence electrons. The second-order valence-corrected chi connectivity index (χ2v) is 5.14. The van der Waals surface area contributed by atoms with E-state index in [1.54, 1.807) is 0 Å². The summed E-state index contributed by atoms with van der Waals surface area (Å²) in [5.74, 6) is 0.0261. The Morgan fingerprint density at radius 3 is 2.50 bits per heavy atom. The van der Waals surface area contributed by atoms with Gasteiger partial charge >= 0.3 is 0 Å². The van der Waals surface area contributed by atoms with Crippen LogP contribution in [0.3, 0.4) is 0 Å². The molecule has 0 aliphatic carbocycles. The van der Waals surface area contributed by atoms with Gasteiger partial charge in [0.1, 0.15) is 0 Å². The van der Waals surface area contributed by atoms with E-state index in [0.717, 1.165) is 12.1 Å². The van der Waals surface area contributed by atoms with Gasteiger partial charge in [-0.15, -0.1) is 0 Å². The van der Waals surface area contributed by atoms with E-state index < -0.39 is 0 Å². The molecule has 1 rings (SSSR count).